The van der Waals surface area contributed by atoms with Gasteiger partial charge in [0, 0.05) is 17.3 Å². The Labute approximate surface area is 145 Å². The second kappa shape index (κ2) is 8.34. The zero-order valence-electron chi connectivity index (χ0n) is 14.0. The van der Waals surface area contributed by atoms with Gasteiger partial charge in [-0.15, -0.1) is 0 Å². The number of nitrogens with one attached hydrogen (secondary N) is 1. The Morgan fingerprint density at radius 1 is 1.12 bits per heavy atom. The second-order valence-corrected chi connectivity index (χ2v) is 7.29. The molecule has 0 fully saturated rings. The molecule has 2 aromatic rings. The number of benzene rings is 2. The molecule has 136 valence electrons. The number of halogens is 1. The van der Waals surface area contributed by atoms with Crippen LogP contribution in [-0.4, -0.2) is 23.4 Å². The quantitative estimate of drug-likeness (QED) is 0.589. The summed E-state index contributed by atoms with van der Waals surface area (Å²) >= 11 is 0. The Hall–Kier alpha value is -2.08. The fraction of sp³-hybridized carbons (Fsp3) is 0.294. The molecule has 0 amide bonds. The highest BCUT2D eigenvalue weighted by molar-refractivity contribution is 7.54. The molecule has 2 rings (SSSR count). The smallest absolute Gasteiger partial charge is 0.357 e. The van der Waals surface area contributed by atoms with Crippen LogP contribution < -0.4 is 5.32 Å². The lowest BCUT2D eigenvalue weighted by Gasteiger charge is -2.28. The van der Waals surface area contributed by atoms with Crippen LogP contribution in [0.1, 0.15) is 25.2 Å². The van der Waals surface area contributed by atoms with Gasteiger partial charge in [-0.25, -0.2) is 4.39 Å². The van der Waals surface area contributed by atoms with Crippen molar-refractivity contribution >= 4 is 13.3 Å². The molecular formula is C17H21FNO5P. The number of rotatable bonds is 8. The van der Waals surface area contributed by atoms with Crippen molar-refractivity contribution in [3.63, 3.8) is 0 Å². The minimum absolute atomic E-state index is 0.122. The zero-order valence-corrected chi connectivity index (χ0v) is 14.9. The van der Waals surface area contributed by atoms with Gasteiger partial charge in [-0.05, 0) is 44.2 Å². The molecule has 8 heteroatoms. The van der Waals surface area contributed by atoms with Crippen molar-refractivity contribution in [3.05, 3.63) is 53.8 Å². The lowest BCUT2D eigenvalue weighted by Crippen LogP contribution is -2.15. The molecule has 2 aromatic carbocycles. The summed E-state index contributed by atoms with van der Waals surface area (Å²) < 4.78 is 37.5. The van der Waals surface area contributed by atoms with Gasteiger partial charge in [-0.2, -0.15) is 0 Å². The largest absolute Gasteiger partial charge is 0.508 e. The molecule has 0 heterocycles. The Morgan fingerprint density at radius 2 is 1.80 bits per heavy atom. The third kappa shape index (κ3) is 4.72. The van der Waals surface area contributed by atoms with Crippen LogP contribution in [0.3, 0.4) is 0 Å². The first kappa shape index (κ1) is 19.2. The molecule has 0 aliphatic rings. The summed E-state index contributed by atoms with van der Waals surface area (Å²) in [6, 6.07) is 9.48. The van der Waals surface area contributed by atoms with Gasteiger partial charge >= 0.3 is 7.60 Å². The van der Waals surface area contributed by atoms with Crippen LogP contribution in [-0.2, 0) is 13.6 Å². The molecule has 25 heavy (non-hydrogen) atoms. The van der Waals surface area contributed by atoms with Crippen molar-refractivity contribution in [1.29, 1.82) is 0 Å². The van der Waals surface area contributed by atoms with Crippen molar-refractivity contribution < 1.29 is 28.2 Å². The van der Waals surface area contributed by atoms with Crippen molar-refractivity contribution in [3.8, 4) is 11.5 Å². The average molecular weight is 369 g/mol. The van der Waals surface area contributed by atoms with Gasteiger partial charge in [0.1, 0.15) is 17.3 Å². The maximum Gasteiger partial charge on any atom is 0.357 e. The van der Waals surface area contributed by atoms with E-state index in [0.717, 1.165) is 6.07 Å². The first-order valence-electron chi connectivity index (χ1n) is 7.82. The van der Waals surface area contributed by atoms with Crippen LogP contribution in [0.5, 0.6) is 11.5 Å². The normalized spacial score (nSPS) is 12.8. The van der Waals surface area contributed by atoms with Crippen LogP contribution in [0.4, 0.5) is 10.1 Å². The molecule has 0 aromatic heterocycles. The SMILES string of the molecule is CCOP(=O)(OCC)C(Nc1cccc(F)c1)c1ccc(O)cc1O. The molecule has 1 atom stereocenters. The van der Waals surface area contributed by atoms with E-state index in [1.165, 1.54) is 30.3 Å². The summed E-state index contributed by atoms with van der Waals surface area (Å²) in [6.45, 7) is 3.58. The summed E-state index contributed by atoms with van der Waals surface area (Å²) in [5.74, 6) is -1.99. The maximum absolute atomic E-state index is 13.5. The van der Waals surface area contributed by atoms with Crippen LogP contribution >= 0.6 is 7.60 Å². The maximum atomic E-state index is 13.5. The van der Waals surface area contributed by atoms with Gasteiger partial charge in [0.05, 0.1) is 13.2 Å². The fourth-order valence-electron chi connectivity index (χ4n) is 2.37. The van der Waals surface area contributed by atoms with E-state index in [-0.39, 0.29) is 30.3 Å². The van der Waals surface area contributed by atoms with Gasteiger partial charge < -0.3 is 24.6 Å². The fourth-order valence-corrected chi connectivity index (χ4v) is 4.33. The summed E-state index contributed by atoms with van der Waals surface area (Å²) in [5, 5.41) is 22.6. The van der Waals surface area contributed by atoms with Crippen molar-refractivity contribution in [2.75, 3.05) is 18.5 Å². The molecular weight excluding hydrogens is 348 g/mol. The molecule has 0 saturated heterocycles. The highest BCUT2D eigenvalue weighted by atomic mass is 31.2. The van der Waals surface area contributed by atoms with Gasteiger partial charge in [-0.1, -0.05) is 6.07 Å². The van der Waals surface area contributed by atoms with E-state index in [0.29, 0.717) is 5.69 Å². The van der Waals surface area contributed by atoms with Gasteiger partial charge in [-0.3, -0.25) is 4.57 Å². The highest BCUT2D eigenvalue weighted by Gasteiger charge is 2.38. The average Bonchev–Trinajstić information content (AvgIpc) is 2.54. The van der Waals surface area contributed by atoms with Crippen molar-refractivity contribution in [2.45, 2.75) is 19.6 Å². The van der Waals surface area contributed by atoms with E-state index in [4.69, 9.17) is 9.05 Å². The third-order valence-electron chi connectivity index (χ3n) is 3.37. The standard InChI is InChI=1S/C17H21FNO5P/c1-3-23-25(22,24-4-2)17(15-9-8-14(20)11-16(15)21)19-13-7-5-6-12(18)10-13/h5-11,17,19-21H,3-4H2,1-2H3. The van der Waals surface area contributed by atoms with Gasteiger partial charge in [0.15, 0.2) is 5.78 Å². The summed E-state index contributed by atoms with van der Waals surface area (Å²) in [6.07, 6.45) is 0. The lowest BCUT2D eigenvalue weighted by atomic mass is 10.2. The molecule has 3 N–H and O–H groups in total. The van der Waals surface area contributed by atoms with E-state index < -0.39 is 19.2 Å². The molecule has 1 unspecified atom stereocenters. The molecule has 0 radical (unpaired) electrons. The summed E-state index contributed by atoms with van der Waals surface area (Å²) in [5.41, 5.74) is 0.546. The van der Waals surface area contributed by atoms with Gasteiger partial charge in [0.2, 0.25) is 0 Å². The predicted molar refractivity (Wildman–Crippen MR) is 93.4 cm³/mol. The topological polar surface area (TPSA) is 88.0 Å². The van der Waals surface area contributed by atoms with E-state index in [1.54, 1.807) is 19.9 Å². The Kier molecular flexibility index (Phi) is 6.42. The van der Waals surface area contributed by atoms with E-state index in [9.17, 15) is 19.2 Å². The molecule has 0 bridgehead atoms. The number of hydrogen-bond acceptors (Lipinski definition) is 6. The van der Waals surface area contributed by atoms with E-state index >= 15 is 0 Å². The Bertz CT molecular complexity index is 760. The minimum atomic E-state index is -3.75. The zero-order chi connectivity index (χ0) is 18.4. The number of phenolic OH excluding ortho intramolecular Hbond substituents is 2. The summed E-state index contributed by atoms with van der Waals surface area (Å²) in [4.78, 5) is 0. The monoisotopic (exact) mass is 369 g/mol. The van der Waals surface area contributed by atoms with Crippen LogP contribution in [0.2, 0.25) is 0 Å². The van der Waals surface area contributed by atoms with Gasteiger partial charge in [0.25, 0.3) is 0 Å². The summed E-state index contributed by atoms with van der Waals surface area (Å²) in [7, 11) is -3.75. The van der Waals surface area contributed by atoms with Crippen LogP contribution in [0.15, 0.2) is 42.5 Å². The molecule has 0 aliphatic heterocycles. The molecule has 0 aliphatic carbocycles. The third-order valence-corrected chi connectivity index (χ3v) is 5.65. The number of hydrogen-bond donors (Lipinski definition) is 3. The van der Waals surface area contributed by atoms with E-state index in [1.807, 2.05) is 0 Å². The first-order chi connectivity index (χ1) is 11.9. The van der Waals surface area contributed by atoms with E-state index in [2.05, 4.69) is 5.32 Å². The lowest BCUT2D eigenvalue weighted by molar-refractivity contribution is 0.213. The number of anilines is 1. The highest BCUT2D eigenvalue weighted by Crippen LogP contribution is 2.62. The number of phenols is 2. The second-order valence-electron chi connectivity index (χ2n) is 5.18. The van der Waals surface area contributed by atoms with Crippen LogP contribution in [0.25, 0.3) is 0 Å². The Morgan fingerprint density at radius 3 is 2.36 bits per heavy atom. The minimum Gasteiger partial charge on any atom is -0.508 e. The van der Waals surface area contributed by atoms with Crippen LogP contribution in [0, 0.1) is 5.82 Å². The number of aromatic hydroxyl groups is 2. The molecule has 6 nitrogen and oxygen atoms in total. The molecule has 0 saturated carbocycles. The predicted octanol–water partition coefficient (Wildman–Crippen LogP) is 4.61. The molecule has 0 spiro atoms. The van der Waals surface area contributed by atoms with Crippen molar-refractivity contribution in [1.82, 2.24) is 0 Å². The Balaban J connectivity index is 2.51. The van der Waals surface area contributed by atoms with Crippen molar-refractivity contribution in [2.24, 2.45) is 0 Å². The first-order valence-corrected chi connectivity index (χ1v) is 9.43.